The molecule has 134 valence electrons. The Labute approximate surface area is 153 Å². The van der Waals surface area contributed by atoms with Crippen LogP contribution in [0.1, 0.15) is 17.3 Å². The highest BCUT2D eigenvalue weighted by molar-refractivity contribution is 6.30. The van der Waals surface area contributed by atoms with E-state index < -0.39 is 0 Å². The molecular weight excluding hydrogens is 342 g/mol. The van der Waals surface area contributed by atoms with Gasteiger partial charge in [-0.05, 0) is 43.3 Å². The highest BCUT2D eigenvalue weighted by Crippen LogP contribution is 2.28. The van der Waals surface area contributed by atoms with Crippen molar-refractivity contribution in [2.45, 2.75) is 6.92 Å². The number of methoxy groups -OCH3 is 1. The summed E-state index contributed by atoms with van der Waals surface area (Å²) in [5.74, 6) is 1.72. The van der Waals surface area contributed by atoms with Crippen molar-refractivity contribution in [1.82, 2.24) is 4.90 Å². The van der Waals surface area contributed by atoms with Crippen LogP contribution < -0.4 is 14.2 Å². The normalized spacial score (nSPS) is 10.2. The largest absolute Gasteiger partial charge is 0.493 e. The second kappa shape index (κ2) is 9.18. The van der Waals surface area contributed by atoms with Crippen LogP contribution in [0, 0.1) is 0 Å². The van der Waals surface area contributed by atoms with Crippen molar-refractivity contribution in [3.63, 3.8) is 0 Å². The van der Waals surface area contributed by atoms with Crippen LogP contribution in [-0.2, 0) is 0 Å². The fourth-order valence-corrected chi connectivity index (χ4v) is 2.44. The highest BCUT2D eigenvalue weighted by Gasteiger charge is 2.15. The quantitative estimate of drug-likeness (QED) is 0.713. The molecule has 0 unspecified atom stereocenters. The molecule has 2 aromatic rings. The lowest BCUT2D eigenvalue weighted by molar-refractivity contribution is 0.0773. The van der Waals surface area contributed by atoms with Gasteiger partial charge in [0.05, 0.1) is 20.3 Å². The second-order valence-corrected chi connectivity index (χ2v) is 5.77. The van der Waals surface area contributed by atoms with Crippen molar-refractivity contribution in [3.05, 3.63) is 53.1 Å². The number of nitrogens with zero attached hydrogens (tertiary/aromatic N) is 1. The zero-order valence-corrected chi connectivity index (χ0v) is 15.4. The van der Waals surface area contributed by atoms with Crippen molar-refractivity contribution in [3.8, 4) is 17.2 Å². The Balaban J connectivity index is 1.96. The zero-order chi connectivity index (χ0) is 18.2. The molecule has 0 aliphatic heterocycles. The molecule has 0 heterocycles. The first kappa shape index (κ1) is 18.9. The average Bonchev–Trinajstić information content (AvgIpc) is 2.61. The molecular formula is C19H22ClNO4. The van der Waals surface area contributed by atoms with E-state index in [-0.39, 0.29) is 5.91 Å². The molecule has 0 N–H and O–H groups in total. The van der Waals surface area contributed by atoms with E-state index in [1.165, 1.54) is 0 Å². The molecule has 0 bridgehead atoms. The van der Waals surface area contributed by atoms with Crippen LogP contribution >= 0.6 is 11.6 Å². The van der Waals surface area contributed by atoms with Crippen molar-refractivity contribution < 1.29 is 19.0 Å². The predicted octanol–water partition coefficient (Wildman–Crippen LogP) is 3.90. The third kappa shape index (κ3) is 5.29. The van der Waals surface area contributed by atoms with Crippen LogP contribution in [0.3, 0.4) is 0 Å². The van der Waals surface area contributed by atoms with Crippen LogP contribution in [0.4, 0.5) is 0 Å². The maximum atomic E-state index is 12.6. The minimum absolute atomic E-state index is 0.113. The summed E-state index contributed by atoms with van der Waals surface area (Å²) in [5, 5.41) is 0.614. The van der Waals surface area contributed by atoms with Crippen LogP contribution in [0.2, 0.25) is 5.02 Å². The third-order valence-electron chi connectivity index (χ3n) is 3.55. The fourth-order valence-electron chi connectivity index (χ4n) is 2.26. The Kier molecular flexibility index (Phi) is 6.95. The molecule has 0 spiro atoms. The van der Waals surface area contributed by atoms with E-state index in [1.54, 1.807) is 49.4 Å². The van der Waals surface area contributed by atoms with E-state index in [0.29, 0.717) is 47.6 Å². The van der Waals surface area contributed by atoms with Gasteiger partial charge in [-0.2, -0.15) is 0 Å². The Morgan fingerprint density at radius 2 is 1.92 bits per heavy atom. The van der Waals surface area contributed by atoms with Gasteiger partial charge in [-0.25, -0.2) is 0 Å². The lowest BCUT2D eigenvalue weighted by Crippen LogP contribution is -2.30. The van der Waals surface area contributed by atoms with E-state index in [2.05, 4.69) is 0 Å². The topological polar surface area (TPSA) is 48.0 Å². The van der Waals surface area contributed by atoms with Crippen molar-refractivity contribution >= 4 is 17.5 Å². The Hall–Kier alpha value is -2.40. The Morgan fingerprint density at radius 3 is 2.60 bits per heavy atom. The van der Waals surface area contributed by atoms with Crippen LogP contribution in [0.15, 0.2) is 42.5 Å². The SMILES string of the molecule is CCOc1cc(C(=O)N(C)CCOc2cccc(Cl)c2)ccc1OC. The number of carbonyl (C=O) groups excluding carboxylic acids is 1. The first-order valence-electron chi connectivity index (χ1n) is 7.99. The number of carbonyl (C=O) groups is 1. The summed E-state index contributed by atoms with van der Waals surface area (Å²) in [6.07, 6.45) is 0. The van der Waals surface area contributed by atoms with E-state index >= 15 is 0 Å². The number of likely N-dealkylation sites (N-methyl/N-ethyl adjacent to an activating group) is 1. The molecule has 2 rings (SSSR count). The summed E-state index contributed by atoms with van der Waals surface area (Å²) >= 11 is 5.92. The molecule has 0 fully saturated rings. The van der Waals surface area contributed by atoms with Gasteiger partial charge in [0.1, 0.15) is 12.4 Å². The molecule has 1 amide bonds. The number of hydrogen-bond donors (Lipinski definition) is 0. The molecule has 6 heteroatoms. The van der Waals surface area contributed by atoms with Gasteiger partial charge in [0.15, 0.2) is 11.5 Å². The zero-order valence-electron chi connectivity index (χ0n) is 14.6. The van der Waals surface area contributed by atoms with Gasteiger partial charge in [-0.3, -0.25) is 4.79 Å². The molecule has 25 heavy (non-hydrogen) atoms. The minimum Gasteiger partial charge on any atom is -0.493 e. The lowest BCUT2D eigenvalue weighted by Gasteiger charge is -2.18. The number of benzene rings is 2. The molecule has 0 radical (unpaired) electrons. The van der Waals surface area contributed by atoms with Gasteiger partial charge in [-0.15, -0.1) is 0 Å². The van der Waals surface area contributed by atoms with Crippen molar-refractivity contribution in [2.24, 2.45) is 0 Å². The minimum atomic E-state index is -0.113. The summed E-state index contributed by atoms with van der Waals surface area (Å²) in [7, 11) is 3.30. The number of halogens is 1. The number of amides is 1. The standard InChI is InChI=1S/C19H22ClNO4/c1-4-24-18-12-14(8-9-17(18)23-3)19(22)21(2)10-11-25-16-7-5-6-15(20)13-16/h5-9,12-13H,4,10-11H2,1-3H3. The van der Waals surface area contributed by atoms with E-state index in [1.807, 2.05) is 19.1 Å². The van der Waals surface area contributed by atoms with Gasteiger partial charge in [-0.1, -0.05) is 17.7 Å². The molecule has 0 aromatic heterocycles. The van der Waals surface area contributed by atoms with Gasteiger partial charge in [0.25, 0.3) is 5.91 Å². The van der Waals surface area contributed by atoms with Gasteiger partial charge >= 0.3 is 0 Å². The maximum absolute atomic E-state index is 12.6. The molecule has 0 aliphatic carbocycles. The summed E-state index contributed by atoms with van der Waals surface area (Å²) < 4.78 is 16.4. The van der Waals surface area contributed by atoms with Crippen LogP contribution in [-0.4, -0.2) is 44.7 Å². The molecule has 0 saturated carbocycles. The summed E-state index contributed by atoms with van der Waals surface area (Å²) in [6.45, 7) is 3.20. The Bertz CT molecular complexity index is 720. The first-order chi connectivity index (χ1) is 12.0. The molecule has 0 aliphatic rings. The summed E-state index contributed by atoms with van der Waals surface area (Å²) in [5.41, 5.74) is 0.537. The smallest absolute Gasteiger partial charge is 0.253 e. The van der Waals surface area contributed by atoms with Crippen molar-refractivity contribution in [1.29, 1.82) is 0 Å². The van der Waals surface area contributed by atoms with E-state index in [4.69, 9.17) is 25.8 Å². The van der Waals surface area contributed by atoms with Crippen LogP contribution in [0.25, 0.3) is 0 Å². The lowest BCUT2D eigenvalue weighted by atomic mass is 10.1. The first-order valence-corrected chi connectivity index (χ1v) is 8.37. The van der Waals surface area contributed by atoms with Gasteiger partial charge in [0, 0.05) is 17.6 Å². The summed E-state index contributed by atoms with van der Waals surface area (Å²) in [6, 6.07) is 12.3. The highest BCUT2D eigenvalue weighted by atomic mass is 35.5. The number of hydrogen-bond acceptors (Lipinski definition) is 4. The predicted molar refractivity (Wildman–Crippen MR) is 98.1 cm³/mol. The number of ether oxygens (including phenoxy) is 3. The number of rotatable bonds is 8. The molecule has 5 nitrogen and oxygen atoms in total. The van der Waals surface area contributed by atoms with E-state index in [0.717, 1.165) is 0 Å². The monoisotopic (exact) mass is 363 g/mol. The summed E-state index contributed by atoms with van der Waals surface area (Å²) in [4.78, 5) is 14.1. The molecule has 0 atom stereocenters. The Morgan fingerprint density at radius 1 is 1.12 bits per heavy atom. The molecule has 2 aromatic carbocycles. The molecule has 0 saturated heterocycles. The third-order valence-corrected chi connectivity index (χ3v) is 3.78. The maximum Gasteiger partial charge on any atom is 0.253 e. The van der Waals surface area contributed by atoms with Gasteiger partial charge in [0.2, 0.25) is 0 Å². The van der Waals surface area contributed by atoms with Gasteiger partial charge < -0.3 is 19.1 Å². The fraction of sp³-hybridized carbons (Fsp3) is 0.316. The van der Waals surface area contributed by atoms with Crippen molar-refractivity contribution in [2.75, 3.05) is 33.9 Å². The second-order valence-electron chi connectivity index (χ2n) is 5.33. The average molecular weight is 364 g/mol. The van der Waals surface area contributed by atoms with E-state index in [9.17, 15) is 4.79 Å². The van der Waals surface area contributed by atoms with Crippen LogP contribution in [0.5, 0.6) is 17.2 Å².